The summed E-state index contributed by atoms with van der Waals surface area (Å²) >= 11 is 0. The molecule has 0 bridgehead atoms. The SMILES string of the molecule is C[C@@H](NS(=O)(=O)c1ccc(CCC(=O)Nc2ccc(F)c(F)c2F)cc1)c1ccccc1. The summed E-state index contributed by atoms with van der Waals surface area (Å²) in [4.78, 5) is 12.1. The van der Waals surface area contributed by atoms with Gasteiger partial charge in [-0.05, 0) is 48.7 Å². The fourth-order valence-corrected chi connectivity index (χ4v) is 4.27. The van der Waals surface area contributed by atoms with E-state index >= 15 is 0 Å². The van der Waals surface area contributed by atoms with Crippen molar-refractivity contribution >= 4 is 21.6 Å². The molecule has 3 aromatic rings. The zero-order valence-electron chi connectivity index (χ0n) is 17.1. The molecule has 1 amide bonds. The lowest BCUT2D eigenvalue weighted by molar-refractivity contribution is -0.116. The van der Waals surface area contributed by atoms with Gasteiger partial charge in [0.25, 0.3) is 0 Å². The maximum atomic E-state index is 13.6. The second-order valence-corrected chi connectivity index (χ2v) is 8.88. The first-order valence-corrected chi connectivity index (χ1v) is 11.3. The molecule has 0 aliphatic rings. The minimum Gasteiger partial charge on any atom is -0.323 e. The standard InChI is InChI=1S/C23H21F3N2O3S/c1-15(17-5-3-2-4-6-17)28-32(30,31)18-10-7-16(8-11-18)9-14-21(29)27-20-13-12-19(24)22(25)23(20)26/h2-8,10-13,15,28H,9,14H2,1H3,(H,27,29)/t15-/m1/s1. The van der Waals surface area contributed by atoms with Gasteiger partial charge in [-0.15, -0.1) is 0 Å². The van der Waals surface area contributed by atoms with Crippen LogP contribution >= 0.6 is 0 Å². The Bertz CT molecular complexity index is 1200. The average Bonchev–Trinajstić information content (AvgIpc) is 2.78. The molecule has 5 nitrogen and oxygen atoms in total. The largest absolute Gasteiger partial charge is 0.323 e. The van der Waals surface area contributed by atoms with Gasteiger partial charge in [0, 0.05) is 12.5 Å². The van der Waals surface area contributed by atoms with Crippen LogP contribution in [0.5, 0.6) is 0 Å². The molecule has 32 heavy (non-hydrogen) atoms. The first kappa shape index (κ1) is 23.5. The van der Waals surface area contributed by atoms with Crippen LogP contribution < -0.4 is 10.0 Å². The summed E-state index contributed by atoms with van der Waals surface area (Å²) in [6.45, 7) is 1.75. The summed E-state index contributed by atoms with van der Waals surface area (Å²) in [6, 6.07) is 16.4. The molecule has 3 rings (SSSR count). The number of carbonyl (C=O) groups is 1. The minimum atomic E-state index is -3.75. The van der Waals surface area contributed by atoms with E-state index in [1.165, 1.54) is 12.1 Å². The van der Waals surface area contributed by atoms with Crippen LogP contribution in [0.1, 0.15) is 30.5 Å². The molecule has 0 aliphatic heterocycles. The third-order valence-electron chi connectivity index (χ3n) is 4.82. The van der Waals surface area contributed by atoms with E-state index in [0.29, 0.717) is 5.56 Å². The van der Waals surface area contributed by atoms with Crippen molar-refractivity contribution in [2.75, 3.05) is 5.32 Å². The highest BCUT2D eigenvalue weighted by Crippen LogP contribution is 2.21. The van der Waals surface area contributed by atoms with Crippen LogP contribution in [0.25, 0.3) is 0 Å². The van der Waals surface area contributed by atoms with Gasteiger partial charge in [-0.2, -0.15) is 0 Å². The van der Waals surface area contributed by atoms with Crippen LogP contribution in [0.4, 0.5) is 18.9 Å². The highest BCUT2D eigenvalue weighted by Gasteiger charge is 2.19. The molecular weight excluding hydrogens is 441 g/mol. The lowest BCUT2D eigenvalue weighted by Gasteiger charge is -2.15. The van der Waals surface area contributed by atoms with Gasteiger partial charge in [0.15, 0.2) is 17.5 Å². The molecule has 0 saturated heterocycles. The molecule has 0 saturated carbocycles. The summed E-state index contributed by atoms with van der Waals surface area (Å²) in [5.41, 5.74) is 1.06. The smallest absolute Gasteiger partial charge is 0.241 e. The van der Waals surface area contributed by atoms with Gasteiger partial charge in [0.05, 0.1) is 10.6 Å². The van der Waals surface area contributed by atoms with Gasteiger partial charge in [-0.1, -0.05) is 42.5 Å². The Balaban J connectivity index is 1.58. The third-order valence-corrected chi connectivity index (χ3v) is 6.37. The van der Waals surface area contributed by atoms with E-state index in [-0.39, 0.29) is 17.7 Å². The first-order chi connectivity index (χ1) is 15.2. The second-order valence-electron chi connectivity index (χ2n) is 7.17. The highest BCUT2D eigenvalue weighted by molar-refractivity contribution is 7.89. The van der Waals surface area contributed by atoms with Gasteiger partial charge in [-0.3, -0.25) is 4.79 Å². The van der Waals surface area contributed by atoms with E-state index < -0.39 is 45.1 Å². The van der Waals surface area contributed by atoms with Crippen molar-refractivity contribution in [3.05, 3.63) is 95.3 Å². The van der Waals surface area contributed by atoms with Gasteiger partial charge in [-0.25, -0.2) is 26.3 Å². The summed E-state index contributed by atoms with van der Waals surface area (Å²) in [7, 11) is -3.75. The number of sulfonamides is 1. The van der Waals surface area contributed by atoms with Crippen molar-refractivity contribution in [2.45, 2.75) is 30.7 Å². The van der Waals surface area contributed by atoms with Crippen LogP contribution in [0.15, 0.2) is 71.6 Å². The molecule has 0 spiro atoms. The quantitative estimate of drug-likeness (QED) is 0.476. The molecule has 0 aliphatic carbocycles. The number of halogens is 3. The number of benzene rings is 3. The fraction of sp³-hybridized carbons (Fsp3) is 0.174. The highest BCUT2D eigenvalue weighted by atomic mass is 32.2. The topological polar surface area (TPSA) is 75.3 Å². The third kappa shape index (κ3) is 5.74. The van der Waals surface area contributed by atoms with Gasteiger partial charge in [0.2, 0.25) is 15.9 Å². The Morgan fingerprint density at radius 1 is 0.906 bits per heavy atom. The van der Waals surface area contributed by atoms with Gasteiger partial charge < -0.3 is 5.32 Å². The summed E-state index contributed by atoms with van der Waals surface area (Å²) < 4.78 is 67.7. The number of carbonyl (C=O) groups excluding carboxylic acids is 1. The molecule has 0 radical (unpaired) electrons. The van der Waals surface area contributed by atoms with Crippen LogP contribution in [0, 0.1) is 17.5 Å². The Morgan fingerprint density at radius 3 is 2.22 bits per heavy atom. The van der Waals surface area contributed by atoms with E-state index in [0.717, 1.165) is 17.7 Å². The number of aryl methyl sites for hydroxylation is 1. The molecule has 0 heterocycles. The average molecular weight is 462 g/mol. The number of hydrogen-bond donors (Lipinski definition) is 2. The van der Waals surface area contributed by atoms with Crippen molar-refractivity contribution in [1.82, 2.24) is 4.72 Å². The van der Waals surface area contributed by atoms with Crippen molar-refractivity contribution in [3.63, 3.8) is 0 Å². The Morgan fingerprint density at radius 2 is 1.56 bits per heavy atom. The van der Waals surface area contributed by atoms with Crippen LogP contribution in [0.2, 0.25) is 0 Å². The summed E-state index contributed by atoms with van der Waals surface area (Å²) in [5, 5.41) is 2.19. The number of nitrogens with one attached hydrogen (secondary N) is 2. The van der Waals surface area contributed by atoms with E-state index in [1.807, 2.05) is 30.3 Å². The molecule has 0 unspecified atom stereocenters. The van der Waals surface area contributed by atoms with Crippen molar-refractivity contribution in [1.29, 1.82) is 0 Å². The van der Waals surface area contributed by atoms with E-state index in [2.05, 4.69) is 10.0 Å². The first-order valence-electron chi connectivity index (χ1n) is 9.77. The molecule has 1 atom stereocenters. The van der Waals surface area contributed by atoms with Crippen molar-refractivity contribution < 1.29 is 26.4 Å². The predicted molar refractivity (Wildman–Crippen MR) is 115 cm³/mol. The van der Waals surface area contributed by atoms with Gasteiger partial charge >= 0.3 is 0 Å². The molecule has 2 N–H and O–H groups in total. The normalized spacial score (nSPS) is 12.4. The van der Waals surface area contributed by atoms with Gasteiger partial charge in [0.1, 0.15) is 0 Å². The number of amides is 1. The van der Waals surface area contributed by atoms with Crippen molar-refractivity contribution in [3.8, 4) is 0 Å². The minimum absolute atomic E-state index is 0.0617. The fourth-order valence-electron chi connectivity index (χ4n) is 3.04. The van der Waals surface area contributed by atoms with Crippen molar-refractivity contribution in [2.24, 2.45) is 0 Å². The summed E-state index contributed by atoms with van der Waals surface area (Å²) in [6.07, 6.45) is 0.180. The molecular formula is C23H21F3N2O3S. The Labute approximate surface area is 184 Å². The number of rotatable bonds is 8. The lowest BCUT2D eigenvalue weighted by atomic mass is 10.1. The maximum Gasteiger partial charge on any atom is 0.241 e. The van der Waals surface area contributed by atoms with E-state index in [1.54, 1.807) is 19.1 Å². The van der Waals surface area contributed by atoms with Crippen LogP contribution in [0.3, 0.4) is 0 Å². The van der Waals surface area contributed by atoms with E-state index in [4.69, 9.17) is 0 Å². The van der Waals surface area contributed by atoms with E-state index in [9.17, 15) is 26.4 Å². The molecule has 0 fully saturated rings. The molecule has 3 aromatic carbocycles. The maximum absolute atomic E-state index is 13.6. The summed E-state index contributed by atoms with van der Waals surface area (Å²) in [5.74, 6) is -5.06. The number of hydrogen-bond acceptors (Lipinski definition) is 3. The van der Waals surface area contributed by atoms with Crippen LogP contribution in [-0.4, -0.2) is 14.3 Å². The Hall–Kier alpha value is -3.17. The zero-order valence-corrected chi connectivity index (χ0v) is 17.9. The monoisotopic (exact) mass is 462 g/mol. The number of anilines is 1. The zero-order chi connectivity index (χ0) is 23.3. The molecule has 0 aromatic heterocycles. The Kier molecular flexibility index (Phi) is 7.32. The lowest BCUT2D eigenvalue weighted by Crippen LogP contribution is -2.26. The molecule has 9 heteroatoms. The second kappa shape index (κ2) is 9.97. The van der Waals surface area contributed by atoms with Crippen LogP contribution in [-0.2, 0) is 21.2 Å². The molecule has 168 valence electrons. The predicted octanol–water partition coefficient (Wildman–Crippen LogP) is 4.71.